The first-order valence-electron chi connectivity index (χ1n) is 7.48. The molecule has 1 aromatic carbocycles. The van der Waals surface area contributed by atoms with E-state index in [9.17, 15) is 4.79 Å². The molecule has 2 saturated heterocycles. The molecule has 3 aliphatic rings. The Morgan fingerprint density at radius 3 is 3.11 bits per heavy atom. The van der Waals surface area contributed by atoms with Crippen molar-refractivity contribution < 1.29 is 4.79 Å². The molecular weight excluding hydrogens is 236 g/mol. The minimum atomic E-state index is 0.351. The molecule has 1 aliphatic carbocycles. The van der Waals surface area contributed by atoms with Gasteiger partial charge < -0.3 is 10.2 Å². The lowest BCUT2D eigenvalue weighted by Crippen LogP contribution is -2.51. The lowest BCUT2D eigenvalue weighted by atomic mass is 9.90. The predicted octanol–water partition coefficient (Wildman–Crippen LogP) is 1.81. The molecule has 0 saturated carbocycles. The van der Waals surface area contributed by atoms with Crippen LogP contribution >= 0.6 is 0 Å². The first-order chi connectivity index (χ1) is 9.34. The topological polar surface area (TPSA) is 32.3 Å². The van der Waals surface area contributed by atoms with Crippen LogP contribution in [0.1, 0.15) is 42.0 Å². The van der Waals surface area contributed by atoms with Crippen molar-refractivity contribution in [2.45, 2.75) is 44.2 Å². The Hall–Kier alpha value is -1.35. The molecule has 2 fully saturated rings. The number of carbonyl (C=O) groups is 1. The van der Waals surface area contributed by atoms with Crippen molar-refractivity contribution in [2.24, 2.45) is 0 Å². The van der Waals surface area contributed by atoms with E-state index < -0.39 is 0 Å². The molecule has 19 heavy (non-hydrogen) atoms. The summed E-state index contributed by atoms with van der Waals surface area (Å²) in [5.74, 6) is 0.351. The number of piperazine rings is 1. The Morgan fingerprint density at radius 2 is 2.16 bits per heavy atom. The van der Waals surface area contributed by atoms with E-state index in [4.69, 9.17) is 0 Å². The maximum Gasteiger partial charge on any atom is 0.223 e. The molecule has 4 rings (SSSR count). The van der Waals surface area contributed by atoms with E-state index in [-0.39, 0.29) is 0 Å². The number of fused-ring (bicyclic) bond motifs is 2. The van der Waals surface area contributed by atoms with Crippen LogP contribution in [0.4, 0.5) is 0 Å². The van der Waals surface area contributed by atoms with Crippen molar-refractivity contribution in [2.75, 3.05) is 13.1 Å². The van der Waals surface area contributed by atoms with Gasteiger partial charge >= 0.3 is 0 Å². The van der Waals surface area contributed by atoms with Gasteiger partial charge in [-0.3, -0.25) is 4.79 Å². The first-order valence-corrected chi connectivity index (χ1v) is 7.48. The third-order valence-corrected chi connectivity index (χ3v) is 4.99. The Balaban J connectivity index is 1.72. The summed E-state index contributed by atoms with van der Waals surface area (Å²) in [5.41, 5.74) is 4.54. The van der Waals surface area contributed by atoms with Crippen molar-refractivity contribution in [1.82, 2.24) is 10.2 Å². The van der Waals surface area contributed by atoms with Gasteiger partial charge in [0.1, 0.15) is 0 Å². The number of hydrogen-bond acceptors (Lipinski definition) is 2. The van der Waals surface area contributed by atoms with Crippen LogP contribution in [0, 0.1) is 0 Å². The van der Waals surface area contributed by atoms with Gasteiger partial charge in [0.05, 0.1) is 12.1 Å². The Morgan fingerprint density at radius 1 is 1.21 bits per heavy atom. The third-order valence-electron chi connectivity index (χ3n) is 4.99. The van der Waals surface area contributed by atoms with Gasteiger partial charge in [-0.05, 0) is 42.4 Å². The number of benzene rings is 1. The van der Waals surface area contributed by atoms with Crippen LogP contribution < -0.4 is 5.32 Å². The normalized spacial score (nSPS) is 29.5. The van der Waals surface area contributed by atoms with Crippen molar-refractivity contribution >= 4 is 5.91 Å². The fourth-order valence-electron chi connectivity index (χ4n) is 4.13. The Kier molecular flexibility index (Phi) is 2.62. The van der Waals surface area contributed by atoms with Crippen LogP contribution in [0.2, 0.25) is 0 Å². The monoisotopic (exact) mass is 256 g/mol. The first kappa shape index (κ1) is 11.5. The SMILES string of the molecule is O=C1CCC2C(c3cccc4c3CCC4)NCCN12. The quantitative estimate of drug-likeness (QED) is 0.831. The van der Waals surface area contributed by atoms with Crippen molar-refractivity contribution in [3.05, 3.63) is 34.9 Å². The summed E-state index contributed by atoms with van der Waals surface area (Å²) in [6, 6.07) is 7.47. The molecule has 0 radical (unpaired) electrons. The van der Waals surface area contributed by atoms with Crippen molar-refractivity contribution in [3.8, 4) is 0 Å². The molecule has 0 bridgehead atoms. The fourth-order valence-corrected chi connectivity index (χ4v) is 4.13. The molecule has 2 atom stereocenters. The lowest BCUT2D eigenvalue weighted by Gasteiger charge is -2.38. The maximum absolute atomic E-state index is 11.9. The molecule has 3 nitrogen and oxygen atoms in total. The van der Waals surface area contributed by atoms with E-state index in [0.29, 0.717) is 18.0 Å². The van der Waals surface area contributed by atoms with E-state index in [1.807, 2.05) is 0 Å². The van der Waals surface area contributed by atoms with Crippen molar-refractivity contribution in [1.29, 1.82) is 0 Å². The van der Waals surface area contributed by atoms with E-state index >= 15 is 0 Å². The Bertz CT molecular complexity index is 525. The molecule has 100 valence electrons. The Labute approximate surface area is 114 Å². The highest BCUT2D eigenvalue weighted by molar-refractivity contribution is 5.79. The van der Waals surface area contributed by atoms with Crippen LogP contribution in [-0.4, -0.2) is 29.9 Å². The molecule has 2 unspecified atom stereocenters. The molecule has 0 aromatic heterocycles. The second-order valence-corrected chi connectivity index (χ2v) is 5.96. The van der Waals surface area contributed by atoms with Gasteiger partial charge in [0.2, 0.25) is 5.91 Å². The van der Waals surface area contributed by atoms with Crippen molar-refractivity contribution in [3.63, 3.8) is 0 Å². The number of nitrogens with one attached hydrogen (secondary N) is 1. The van der Waals surface area contributed by atoms with Gasteiger partial charge in [-0.15, -0.1) is 0 Å². The summed E-state index contributed by atoms with van der Waals surface area (Å²) >= 11 is 0. The van der Waals surface area contributed by atoms with Crippen LogP contribution in [0.5, 0.6) is 0 Å². The van der Waals surface area contributed by atoms with E-state index in [0.717, 1.165) is 25.9 Å². The second-order valence-electron chi connectivity index (χ2n) is 5.96. The highest BCUT2D eigenvalue weighted by atomic mass is 16.2. The van der Waals surface area contributed by atoms with Crippen LogP contribution in [0.3, 0.4) is 0 Å². The third kappa shape index (κ3) is 1.71. The van der Waals surface area contributed by atoms with Gasteiger partial charge in [-0.1, -0.05) is 18.2 Å². The zero-order valence-electron chi connectivity index (χ0n) is 11.2. The van der Waals surface area contributed by atoms with Crippen LogP contribution in [-0.2, 0) is 17.6 Å². The summed E-state index contributed by atoms with van der Waals surface area (Å²) in [5, 5.41) is 3.66. The number of hydrogen-bond donors (Lipinski definition) is 1. The zero-order valence-corrected chi connectivity index (χ0v) is 11.2. The number of rotatable bonds is 1. The molecule has 3 heteroatoms. The van der Waals surface area contributed by atoms with Gasteiger partial charge in [0.25, 0.3) is 0 Å². The second kappa shape index (κ2) is 4.34. The summed E-state index contributed by atoms with van der Waals surface area (Å²) in [6.07, 6.45) is 5.47. The van der Waals surface area contributed by atoms with E-state index in [1.54, 1.807) is 5.56 Å². The average molecular weight is 256 g/mol. The molecule has 1 aromatic rings. The van der Waals surface area contributed by atoms with Gasteiger partial charge in [0.15, 0.2) is 0 Å². The smallest absolute Gasteiger partial charge is 0.223 e. The molecule has 1 amide bonds. The van der Waals surface area contributed by atoms with E-state index in [2.05, 4.69) is 28.4 Å². The molecule has 2 heterocycles. The lowest BCUT2D eigenvalue weighted by molar-refractivity contribution is -0.130. The summed E-state index contributed by atoms with van der Waals surface area (Å²) < 4.78 is 0. The average Bonchev–Trinajstić information content (AvgIpc) is 3.05. The zero-order chi connectivity index (χ0) is 12.8. The molecular formula is C16H20N2O. The summed E-state index contributed by atoms with van der Waals surface area (Å²) in [7, 11) is 0. The highest BCUT2D eigenvalue weighted by Crippen LogP contribution is 2.36. The van der Waals surface area contributed by atoms with E-state index in [1.165, 1.54) is 30.4 Å². The van der Waals surface area contributed by atoms with Gasteiger partial charge in [-0.25, -0.2) is 0 Å². The number of nitrogens with zero attached hydrogens (tertiary/aromatic N) is 1. The van der Waals surface area contributed by atoms with Crippen LogP contribution in [0.15, 0.2) is 18.2 Å². The number of aryl methyl sites for hydroxylation is 1. The summed E-state index contributed by atoms with van der Waals surface area (Å²) in [4.78, 5) is 14.0. The van der Waals surface area contributed by atoms with Crippen LogP contribution in [0.25, 0.3) is 0 Å². The minimum absolute atomic E-state index is 0.351. The maximum atomic E-state index is 11.9. The highest BCUT2D eigenvalue weighted by Gasteiger charge is 2.40. The minimum Gasteiger partial charge on any atom is -0.337 e. The largest absolute Gasteiger partial charge is 0.337 e. The predicted molar refractivity (Wildman–Crippen MR) is 73.9 cm³/mol. The van der Waals surface area contributed by atoms with Gasteiger partial charge in [0, 0.05) is 19.5 Å². The van der Waals surface area contributed by atoms with Gasteiger partial charge in [-0.2, -0.15) is 0 Å². The molecule has 1 N–H and O–H groups in total. The number of amides is 1. The molecule has 2 aliphatic heterocycles. The summed E-state index contributed by atoms with van der Waals surface area (Å²) in [6.45, 7) is 1.81. The number of carbonyl (C=O) groups excluding carboxylic acids is 1. The standard InChI is InChI=1S/C16H20N2O/c19-15-8-7-14-16(17-9-10-18(14)15)13-6-2-4-11-3-1-5-12(11)13/h2,4,6,14,16-17H,1,3,5,7-10H2. The fraction of sp³-hybridized carbons (Fsp3) is 0.562. The molecule has 0 spiro atoms.